The van der Waals surface area contributed by atoms with Gasteiger partial charge in [0.05, 0.1) is 6.10 Å². The van der Waals surface area contributed by atoms with E-state index in [1.165, 1.54) is 0 Å². The Morgan fingerprint density at radius 3 is 1.93 bits per heavy atom. The summed E-state index contributed by atoms with van der Waals surface area (Å²) in [6.45, 7) is 22.3. The molecule has 0 unspecified atom stereocenters. The Balaban J connectivity index is 2.67. The largest absolute Gasteiger partial charge is 0.408 e. The van der Waals surface area contributed by atoms with Crippen molar-refractivity contribution < 1.29 is 13.6 Å². The quantitative estimate of drug-likeness (QED) is 0.509. The molecule has 1 aromatic rings. The molecule has 0 N–H and O–H groups in total. The lowest BCUT2D eigenvalue weighted by atomic mass is 9.92. The SMILES string of the molecule is C[C@H]1C(=O)[C@@H](O[Si](C)(C)C)C[Si](C(C)(C)C)(C(C)(C)C)O[C@@H]1c1ccccc1. The fourth-order valence-corrected chi connectivity index (χ4v) is 11.9. The second-order valence-corrected chi connectivity index (χ2v) is 21.1. The highest BCUT2D eigenvalue weighted by Crippen LogP contribution is 2.58. The number of carbonyl (C=O) groups excluding carboxylic acids is 1. The molecule has 1 aliphatic heterocycles. The van der Waals surface area contributed by atoms with Crippen LogP contribution in [0.15, 0.2) is 30.3 Å². The Hall–Kier alpha value is -0.756. The Labute approximate surface area is 174 Å². The van der Waals surface area contributed by atoms with Gasteiger partial charge in [-0.3, -0.25) is 4.79 Å². The zero-order valence-electron chi connectivity index (χ0n) is 19.6. The van der Waals surface area contributed by atoms with Crippen molar-refractivity contribution in [2.45, 2.75) is 96.4 Å². The number of hydrogen-bond acceptors (Lipinski definition) is 3. The first kappa shape index (κ1) is 23.5. The summed E-state index contributed by atoms with van der Waals surface area (Å²) in [7, 11) is -4.33. The van der Waals surface area contributed by atoms with E-state index in [0.717, 1.165) is 11.6 Å². The lowest BCUT2D eigenvalue weighted by molar-refractivity contribution is -0.130. The maximum Gasteiger partial charge on any atom is 0.207 e. The van der Waals surface area contributed by atoms with Crippen LogP contribution in [0.1, 0.15) is 60.1 Å². The van der Waals surface area contributed by atoms with Crippen LogP contribution in [-0.4, -0.2) is 28.5 Å². The molecule has 28 heavy (non-hydrogen) atoms. The van der Waals surface area contributed by atoms with Gasteiger partial charge in [-0.25, -0.2) is 0 Å². The van der Waals surface area contributed by atoms with Crippen molar-refractivity contribution in [3.63, 3.8) is 0 Å². The van der Waals surface area contributed by atoms with Crippen molar-refractivity contribution in [3.8, 4) is 0 Å². The summed E-state index contributed by atoms with van der Waals surface area (Å²) in [5.41, 5.74) is 1.10. The molecule has 0 amide bonds. The van der Waals surface area contributed by atoms with Gasteiger partial charge in [-0.1, -0.05) is 78.8 Å². The summed E-state index contributed by atoms with van der Waals surface area (Å²) in [6, 6.07) is 11.0. The predicted octanol–water partition coefficient (Wildman–Crippen LogP) is 6.73. The van der Waals surface area contributed by atoms with Crippen LogP contribution in [0.25, 0.3) is 0 Å². The average molecular weight is 421 g/mol. The predicted molar refractivity (Wildman–Crippen MR) is 123 cm³/mol. The summed E-state index contributed by atoms with van der Waals surface area (Å²) in [5, 5.41) is -0.0483. The lowest BCUT2D eigenvalue weighted by Crippen LogP contribution is -2.57. The maximum atomic E-state index is 13.6. The smallest absolute Gasteiger partial charge is 0.207 e. The van der Waals surface area contributed by atoms with Crippen molar-refractivity contribution >= 4 is 22.4 Å². The van der Waals surface area contributed by atoms with E-state index in [4.69, 9.17) is 8.85 Å². The van der Waals surface area contributed by atoms with Crippen LogP contribution in [0.4, 0.5) is 0 Å². The standard InChI is InChI=1S/C23H40O3Si2/c1-17-20(24)19(25-27(8,9)10)16-28(22(2,3)4,23(5,6)7)26-21(17)18-14-12-11-13-15-18/h11-15,17,19,21H,16H2,1-10H3/t17-,19-,21-/m0/s1. The van der Waals surface area contributed by atoms with Crippen molar-refractivity contribution in [1.82, 2.24) is 0 Å². The lowest BCUT2D eigenvalue weighted by Gasteiger charge is -2.52. The zero-order chi connectivity index (χ0) is 21.5. The molecule has 0 aromatic heterocycles. The minimum absolute atomic E-state index is 0.0241. The molecule has 158 valence electrons. The highest BCUT2D eigenvalue weighted by atomic mass is 28.4. The molecule has 1 saturated heterocycles. The minimum Gasteiger partial charge on any atom is -0.408 e. The number of rotatable bonds is 3. The van der Waals surface area contributed by atoms with Gasteiger partial charge in [-0.05, 0) is 41.3 Å². The van der Waals surface area contributed by atoms with Gasteiger partial charge >= 0.3 is 0 Å². The normalized spacial score (nSPS) is 26.8. The van der Waals surface area contributed by atoms with Crippen LogP contribution in [0.2, 0.25) is 35.8 Å². The van der Waals surface area contributed by atoms with Crippen molar-refractivity contribution in [1.29, 1.82) is 0 Å². The fourth-order valence-electron chi connectivity index (χ4n) is 4.79. The van der Waals surface area contributed by atoms with Gasteiger partial charge in [-0.2, -0.15) is 0 Å². The molecule has 1 aromatic carbocycles. The molecule has 0 bridgehead atoms. The second kappa shape index (κ2) is 7.82. The van der Waals surface area contributed by atoms with Crippen LogP contribution >= 0.6 is 0 Å². The molecule has 2 rings (SSSR count). The van der Waals surface area contributed by atoms with E-state index in [0.29, 0.717) is 0 Å². The molecular formula is C23H40O3Si2. The molecule has 5 heteroatoms. The van der Waals surface area contributed by atoms with E-state index in [9.17, 15) is 4.79 Å². The number of ketones is 1. The van der Waals surface area contributed by atoms with Gasteiger partial charge in [0.25, 0.3) is 0 Å². The molecule has 1 heterocycles. The van der Waals surface area contributed by atoms with E-state index in [-0.39, 0.29) is 34.0 Å². The maximum absolute atomic E-state index is 13.6. The molecule has 1 aliphatic rings. The number of benzene rings is 1. The van der Waals surface area contributed by atoms with Gasteiger partial charge in [0, 0.05) is 5.92 Å². The van der Waals surface area contributed by atoms with E-state index < -0.39 is 16.6 Å². The topological polar surface area (TPSA) is 35.5 Å². The van der Waals surface area contributed by atoms with Crippen LogP contribution in [0, 0.1) is 5.92 Å². The van der Waals surface area contributed by atoms with Crippen molar-refractivity contribution in [2.24, 2.45) is 5.92 Å². The Morgan fingerprint density at radius 2 is 1.50 bits per heavy atom. The molecule has 0 saturated carbocycles. The van der Waals surface area contributed by atoms with Crippen LogP contribution in [0.5, 0.6) is 0 Å². The third-order valence-corrected chi connectivity index (χ3v) is 13.5. The Kier molecular flexibility index (Phi) is 6.57. The highest BCUT2D eigenvalue weighted by Gasteiger charge is 2.60. The Bertz CT molecular complexity index is 667. The van der Waals surface area contributed by atoms with E-state index >= 15 is 0 Å². The van der Waals surface area contributed by atoms with Gasteiger partial charge < -0.3 is 8.85 Å². The number of Topliss-reactive ketones (excluding diaryl/α,β-unsaturated/α-hetero) is 1. The first-order valence-corrected chi connectivity index (χ1v) is 16.1. The fraction of sp³-hybridized carbons (Fsp3) is 0.696. The molecule has 1 fully saturated rings. The van der Waals surface area contributed by atoms with Gasteiger partial charge in [0.1, 0.15) is 6.10 Å². The first-order chi connectivity index (χ1) is 12.6. The third-order valence-electron chi connectivity index (χ3n) is 6.07. The summed E-state index contributed by atoms with van der Waals surface area (Å²) in [6.07, 6.45) is -0.574. The summed E-state index contributed by atoms with van der Waals surface area (Å²) >= 11 is 0. The number of carbonyl (C=O) groups is 1. The van der Waals surface area contributed by atoms with E-state index in [1.807, 2.05) is 25.1 Å². The number of hydrogen-bond donors (Lipinski definition) is 0. The monoisotopic (exact) mass is 420 g/mol. The Morgan fingerprint density at radius 1 is 1.00 bits per heavy atom. The molecule has 0 radical (unpaired) electrons. The second-order valence-electron chi connectivity index (χ2n) is 11.4. The summed E-state index contributed by atoms with van der Waals surface area (Å²) in [5.74, 6) is -0.0121. The highest BCUT2D eigenvalue weighted by molar-refractivity contribution is 6.80. The molecule has 3 nitrogen and oxygen atoms in total. The molecular weight excluding hydrogens is 380 g/mol. The minimum atomic E-state index is -2.45. The molecule has 0 aliphatic carbocycles. The molecule has 0 spiro atoms. The van der Waals surface area contributed by atoms with Crippen molar-refractivity contribution in [2.75, 3.05) is 0 Å². The van der Waals surface area contributed by atoms with E-state index in [2.05, 4.69) is 73.3 Å². The average Bonchev–Trinajstić information content (AvgIpc) is 2.64. The van der Waals surface area contributed by atoms with Gasteiger partial charge in [-0.15, -0.1) is 0 Å². The van der Waals surface area contributed by atoms with Crippen molar-refractivity contribution in [3.05, 3.63) is 35.9 Å². The van der Waals surface area contributed by atoms with Gasteiger partial charge in [0.2, 0.25) is 8.32 Å². The summed E-state index contributed by atoms with van der Waals surface area (Å²) in [4.78, 5) is 13.6. The van der Waals surface area contributed by atoms with Gasteiger partial charge in [0.15, 0.2) is 14.1 Å². The summed E-state index contributed by atoms with van der Waals surface area (Å²) < 4.78 is 13.7. The van der Waals surface area contributed by atoms with Crippen LogP contribution in [-0.2, 0) is 13.6 Å². The van der Waals surface area contributed by atoms with E-state index in [1.54, 1.807) is 0 Å². The van der Waals surface area contributed by atoms with Crippen LogP contribution in [0.3, 0.4) is 0 Å². The molecule has 3 atom stereocenters. The first-order valence-electron chi connectivity index (χ1n) is 10.5. The zero-order valence-corrected chi connectivity index (χ0v) is 21.6. The third kappa shape index (κ3) is 4.69. The van der Waals surface area contributed by atoms with Crippen LogP contribution < -0.4 is 0 Å².